The number of hydrogen-bond donors (Lipinski definition) is 1. The third-order valence-electron chi connectivity index (χ3n) is 1.45. The molecule has 0 radical (unpaired) electrons. The van der Waals surface area contributed by atoms with Gasteiger partial charge in [-0.05, 0) is 47.8 Å². The Hall–Kier alpha value is 0.150. The molecule has 0 atom stereocenters. The molecule has 0 aliphatic carbocycles. The van der Waals surface area contributed by atoms with Crippen LogP contribution < -0.4 is 4.72 Å². The van der Waals surface area contributed by atoms with E-state index in [0.29, 0.717) is 0 Å². The van der Waals surface area contributed by atoms with E-state index in [4.69, 9.17) is 11.6 Å². The minimum Gasteiger partial charge on any atom is -0.214 e. The monoisotopic (exact) mass is 331 g/mol. The summed E-state index contributed by atoms with van der Waals surface area (Å²) in [4.78, 5) is 0.114. The van der Waals surface area contributed by atoms with Gasteiger partial charge in [0.25, 0.3) is 0 Å². The van der Waals surface area contributed by atoms with E-state index in [2.05, 4.69) is 4.72 Å². The van der Waals surface area contributed by atoms with Crippen LogP contribution in [0.25, 0.3) is 0 Å². The van der Waals surface area contributed by atoms with Crippen molar-refractivity contribution in [2.75, 3.05) is 7.05 Å². The Labute approximate surface area is 95.7 Å². The summed E-state index contributed by atoms with van der Waals surface area (Å²) in [5.41, 5.74) is 0. The van der Waals surface area contributed by atoms with Gasteiger partial charge in [-0.3, -0.25) is 0 Å². The molecule has 0 saturated heterocycles. The lowest BCUT2D eigenvalue weighted by atomic mass is 10.4. The molecule has 6 heteroatoms. The van der Waals surface area contributed by atoms with E-state index in [1.54, 1.807) is 12.1 Å². The average molecular weight is 332 g/mol. The SMILES string of the molecule is CNS(=O)(=O)c1cc(I)ccc1Cl. The lowest BCUT2D eigenvalue weighted by Crippen LogP contribution is -2.19. The van der Waals surface area contributed by atoms with E-state index < -0.39 is 10.0 Å². The first-order chi connectivity index (χ1) is 5.97. The lowest BCUT2D eigenvalue weighted by molar-refractivity contribution is 0.588. The Morgan fingerprint density at radius 1 is 1.46 bits per heavy atom. The van der Waals surface area contributed by atoms with Crippen molar-refractivity contribution < 1.29 is 8.42 Å². The van der Waals surface area contributed by atoms with Crippen molar-refractivity contribution in [1.29, 1.82) is 0 Å². The molecular formula is C7H7ClINO2S. The van der Waals surface area contributed by atoms with Crippen LogP contribution in [0.4, 0.5) is 0 Å². The second-order valence-corrected chi connectivity index (χ2v) is 5.79. The third-order valence-corrected chi connectivity index (χ3v) is 4.02. The Morgan fingerprint density at radius 3 is 2.62 bits per heavy atom. The second-order valence-electron chi connectivity index (χ2n) is 2.28. The molecule has 0 bridgehead atoms. The summed E-state index contributed by atoms with van der Waals surface area (Å²) >= 11 is 7.76. The Kier molecular flexibility index (Phi) is 3.56. The molecule has 0 saturated carbocycles. The highest BCUT2D eigenvalue weighted by atomic mass is 127. The molecule has 0 aliphatic heterocycles. The van der Waals surface area contributed by atoms with Crippen LogP contribution in [-0.2, 0) is 10.0 Å². The number of hydrogen-bond acceptors (Lipinski definition) is 2. The predicted octanol–water partition coefficient (Wildman–Crippen LogP) is 1.85. The zero-order valence-corrected chi connectivity index (χ0v) is 10.4. The van der Waals surface area contributed by atoms with Crippen molar-refractivity contribution in [2.45, 2.75) is 4.90 Å². The van der Waals surface area contributed by atoms with Crippen molar-refractivity contribution in [1.82, 2.24) is 4.72 Å². The Bertz CT molecular complexity index is 419. The summed E-state index contributed by atoms with van der Waals surface area (Å²) in [5, 5.41) is 0.231. The summed E-state index contributed by atoms with van der Waals surface area (Å²) in [6.45, 7) is 0. The van der Waals surface area contributed by atoms with Crippen molar-refractivity contribution >= 4 is 44.2 Å². The zero-order chi connectivity index (χ0) is 10.1. The van der Waals surface area contributed by atoms with E-state index in [9.17, 15) is 8.42 Å². The summed E-state index contributed by atoms with van der Waals surface area (Å²) in [6, 6.07) is 4.83. The highest BCUT2D eigenvalue weighted by molar-refractivity contribution is 14.1. The molecule has 3 nitrogen and oxygen atoms in total. The van der Waals surface area contributed by atoms with Crippen LogP contribution in [-0.4, -0.2) is 15.5 Å². The van der Waals surface area contributed by atoms with Gasteiger partial charge in [0.05, 0.1) is 5.02 Å². The lowest BCUT2D eigenvalue weighted by Gasteiger charge is -2.04. The first-order valence-electron chi connectivity index (χ1n) is 3.36. The Morgan fingerprint density at radius 2 is 2.08 bits per heavy atom. The number of rotatable bonds is 2. The molecule has 0 aliphatic rings. The molecule has 0 unspecified atom stereocenters. The summed E-state index contributed by atoms with van der Waals surface area (Å²) < 4.78 is 25.8. The van der Waals surface area contributed by atoms with E-state index in [0.717, 1.165) is 3.57 Å². The van der Waals surface area contributed by atoms with Gasteiger partial charge in [0.1, 0.15) is 4.90 Å². The molecule has 1 aromatic rings. The first kappa shape index (κ1) is 11.2. The van der Waals surface area contributed by atoms with E-state index in [1.165, 1.54) is 13.1 Å². The first-order valence-corrected chi connectivity index (χ1v) is 6.30. The zero-order valence-electron chi connectivity index (χ0n) is 6.71. The highest BCUT2D eigenvalue weighted by Gasteiger charge is 2.15. The van der Waals surface area contributed by atoms with Crippen LogP contribution in [0.15, 0.2) is 23.1 Å². The van der Waals surface area contributed by atoms with Crippen LogP contribution in [0.2, 0.25) is 5.02 Å². The van der Waals surface area contributed by atoms with Crippen molar-refractivity contribution in [3.8, 4) is 0 Å². The van der Waals surface area contributed by atoms with E-state index >= 15 is 0 Å². The maximum atomic E-state index is 11.4. The molecule has 0 fully saturated rings. The maximum absolute atomic E-state index is 11.4. The van der Waals surface area contributed by atoms with E-state index in [1.807, 2.05) is 22.6 Å². The molecule has 0 heterocycles. The van der Waals surface area contributed by atoms with Gasteiger partial charge in [-0.25, -0.2) is 13.1 Å². The molecule has 13 heavy (non-hydrogen) atoms. The quantitative estimate of drug-likeness (QED) is 0.841. The van der Waals surface area contributed by atoms with Gasteiger partial charge in [0.2, 0.25) is 10.0 Å². The van der Waals surface area contributed by atoms with Gasteiger partial charge < -0.3 is 0 Å². The van der Waals surface area contributed by atoms with Gasteiger partial charge in [-0.1, -0.05) is 11.6 Å². The molecular weight excluding hydrogens is 325 g/mol. The van der Waals surface area contributed by atoms with Crippen molar-refractivity contribution in [3.63, 3.8) is 0 Å². The summed E-state index contributed by atoms with van der Waals surface area (Å²) in [5.74, 6) is 0. The van der Waals surface area contributed by atoms with Gasteiger partial charge in [0, 0.05) is 3.57 Å². The molecule has 1 N–H and O–H groups in total. The van der Waals surface area contributed by atoms with Gasteiger partial charge in [-0.15, -0.1) is 0 Å². The molecule has 0 amide bonds. The minimum atomic E-state index is -3.44. The maximum Gasteiger partial charge on any atom is 0.241 e. The minimum absolute atomic E-state index is 0.114. The van der Waals surface area contributed by atoms with Crippen LogP contribution in [0, 0.1) is 3.57 Å². The smallest absolute Gasteiger partial charge is 0.214 e. The number of benzene rings is 1. The topological polar surface area (TPSA) is 46.2 Å². The van der Waals surface area contributed by atoms with Crippen LogP contribution in [0.1, 0.15) is 0 Å². The summed E-state index contributed by atoms with van der Waals surface area (Å²) in [6.07, 6.45) is 0. The van der Waals surface area contributed by atoms with Gasteiger partial charge >= 0.3 is 0 Å². The fourth-order valence-corrected chi connectivity index (χ4v) is 2.74. The fraction of sp³-hybridized carbons (Fsp3) is 0.143. The molecule has 1 rings (SSSR count). The molecule has 1 aromatic carbocycles. The molecule has 0 aromatic heterocycles. The number of nitrogens with one attached hydrogen (secondary N) is 1. The molecule has 0 spiro atoms. The largest absolute Gasteiger partial charge is 0.241 e. The fourth-order valence-electron chi connectivity index (χ4n) is 0.793. The van der Waals surface area contributed by atoms with Crippen LogP contribution >= 0.6 is 34.2 Å². The number of sulfonamides is 1. The second kappa shape index (κ2) is 4.12. The van der Waals surface area contributed by atoms with E-state index in [-0.39, 0.29) is 9.92 Å². The van der Waals surface area contributed by atoms with Crippen molar-refractivity contribution in [2.24, 2.45) is 0 Å². The third kappa shape index (κ3) is 2.55. The van der Waals surface area contributed by atoms with Crippen LogP contribution in [0.3, 0.4) is 0 Å². The predicted molar refractivity (Wildman–Crippen MR) is 60.4 cm³/mol. The average Bonchev–Trinajstić information content (AvgIpc) is 2.09. The standard InChI is InChI=1S/C7H7ClINO2S/c1-10-13(11,12)7-4-5(9)2-3-6(7)8/h2-4,10H,1H3. The Balaban J connectivity index is 3.38. The molecule has 72 valence electrons. The van der Waals surface area contributed by atoms with Crippen molar-refractivity contribution in [3.05, 3.63) is 26.8 Å². The summed E-state index contributed by atoms with van der Waals surface area (Å²) in [7, 11) is -2.09. The van der Waals surface area contributed by atoms with Crippen LogP contribution in [0.5, 0.6) is 0 Å². The van der Waals surface area contributed by atoms with Gasteiger partial charge in [0.15, 0.2) is 0 Å². The highest BCUT2D eigenvalue weighted by Crippen LogP contribution is 2.22. The van der Waals surface area contributed by atoms with Gasteiger partial charge in [-0.2, -0.15) is 0 Å². The number of halogens is 2. The normalized spacial score (nSPS) is 11.6.